The number of aliphatic carboxylic acids is 1. The maximum absolute atomic E-state index is 12.2. The Balaban J connectivity index is 2.45. The molecule has 1 saturated heterocycles. The van der Waals surface area contributed by atoms with E-state index in [-0.39, 0.29) is 18.4 Å². The summed E-state index contributed by atoms with van der Waals surface area (Å²) in [5.41, 5.74) is 0. The van der Waals surface area contributed by atoms with Gasteiger partial charge in [-0.1, -0.05) is 0 Å². The van der Waals surface area contributed by atoms with Gasteiger partial charge in [-0.15, -0.1) is 0 Å². The van der Waals surface area contributed by atoms with Gasteiger partial charge in [-0.05, 0) is 13.8 Å². The predicted octanol–water partition coefficient (Wildman–Crippen LogP) is 1.94. The van der Waals surface area contributed by atoms with Crippen molar-refractivity contribution in [3.63, 3.8) is 0 Å². The summed E-state index contributed by atoms with van der Waals surface area (Å²) < 4.78 is 0. The lowest BCUT2D eigenvalue weighted by atomic mass is 10.2. The molecule has 0 aromatic heterocycles. The van der Waals surface area contributed by atoms with Crippen LogP contribution in [0.1, 0.15) is 26.7 Å². The fourth-order valence-corrected chi connectivity index (χ4v) is 4.52. The van der Waals surface area contributed by atoms with Crippen LogP contribution in [-0.2, 0) is 9.59 Å². The second-order valence-electron chi connectivity index (χ2n) is 4.60. The van der Waals surface area contributed by atoms with Gasteiger partial charge >= 0.3 is 5.97 Å². The fraction of sp³-hybridized carbons (Fsp3) is 0.833. The topological polar surface area (TPSA) is 57.6 Å². The first-order chi connectivity index (χ1) is 8.50. The molecule has 1 amide bonds. The summed E-state index contributed by atoms with van der Waals surface area (Å²) in [7, 11) is 0. The molecule has 0 saturated carbocycles. The van der Waals surface area contributed by atoms with Gasteiger partial charge in [0.15, 0.2) is 0 Å². The van der Waals surface area contributed by atoms with Crippen LogP contribution in [0.5, 0.6) is 0 Å². The van der Waals surface area contributed by atoms with Gasteiger partial charge in [-0.25, -0.2) is 0 Å². The Bertz CT molecular complexity index is 291. The highest BCUT2D eigenvalue weighted by Gasteiger charge is 2.23. The summed E-state index contributed by atoms with van der Waals surface area (Å²) >= 11 is 3.76. The predicted molar refractivity (Wildman–Crippen MR) is 77.3 cm³/mol. The van der Waals surface area contributed by atoms with Crippen LogP contribution in [0.4, 0.5) is 0 Å². The Kier molecular flexibility index (Phi) is 6.92. The highest BCUT2D eigenvalue weighted by molar-refractivity contribution is 8.06. The van der Waals surface area contributed by atoms with Crippen LogP contribution in [0.2, 0.25) is 0 Å². The van der Waals surface area contributed by atoms with E-state index in [0.29, 0.717) is 18.2 Å². The van der Waals surface area contributed by atoms with Crippen LogP contribution < -0.4 is 0 Å². The van der Waals surface area contributed by atoms with Gasteiger partial charge in [0.2, 0.25) is 5.91 Å². The first kappa shape index (κ1) is 15.7. The van der Waals surface area contributed by atoms with Gasteiger partial charge in [0.05, 0.1) is 6.42 Å². The Labute approximate surface area is 117 Å². The molecule has 1 atom stereocenters. The number of hydrogen-bond acceptors (Lipinski definition) is 4. The third-order valence-corrected chi connectivity index (χ3v) is 5.64. The van der Waals surface area contributed by atoms with Crippen molar-refractivity contribution >= 4 is 35.4 Å². The number of rotatable bonds is 6. The highest BCUT2D eigenvalue weighted by Crippen LogP contribution is 2.27. The standard InChI is InChI=1S/C12H21NO3S2/c1-9(2)13(4-3-12(15)16)11(14)7-10-8-17-5-6-18-10/h9-10H,3-8H2,1-2H3,(H,15,16). The van der Waals surface area contributed by atoms with E-state index < -0.39 is 5.97 Å². The van der Waals surface area contributed by atoms with Gasteiger partial charge < -0.3 is 10.0 Å². The molecule has 0 bridgehead atoms. The minimum absolute atomic E-state index is 0.0243. The van der Waals surface area contributed by atoms with Crippen LogP contribution in [0.15, 0.2) is 0 Å². The van der Waals surface area contributed by atoms with Crippen LogP contribution in [-0.4, -0.2) is 57.0 Å². The molecule has 1 heterocycles. The van der Waals surface area contributed by atoms with Crippen LogP contribution >= 0.6 is 23.5 Å². The van der Waals surface area contributed by atoms with E-state index in [2.05, 4.69) is 0 Å². The number of thioether (sulfide) groups is 2. The van der Waals surface area contributed by atoms with Crippen molar-refractivity contribution in [3.05, 3.63) is 0 Å². The van der Waals surface area contributed by atoms with Crippen LogP contribution in [0.3, 0.4) is 0 Å². The summed E-state index contributed by atoms with van der Waals surface area (Å²) in [4.78, 5) is 24.5. The molecule has 18 heavy (non-hydrogen) atoms. The van der Waals surface area contributed by atoms with Crippen molar-refractivity contribution < 1.29 is 14.7 Å². The summed E-state index contributed by atoms with van der Waals surface area (Å²) in [5.74, 6) is 2.55. The van der Waals surface area contributed by atoms with Gasteiger partial charge in [-0.3, -0.25) is 9.59 Å². The zero-order chi connectivity index (χ0) is 13.5. The second kappa shape index (κ2) is 7.94. The van der Waals surface area contributed by atoms with Gasteiger partial charge in [0.1, 0.15) is 0 Å². The largest absolute Gasteiger partial charge is 0.481 e. The molecule has 1 fully saturated rings. The van der Waals surface area contributed by atoms with Gasteiger partial charge in [0.25, 0.3) is 0 Å². The van der Waals surface area contributed by atoms with E-state index in [1.165, 1.54) is 5.75 Å². The molecule has 1 rings (SSSR count). The molecule has 4 nitrogen and oxygen atoms in total. The number of carboxylic acid groups (broad SMARTS) is 1. The third-order valence-electron chi connectivity index (χ3n) is 2.80. The van der Waals surface area contributed by atoms with E-state index in [1.807, 2.05) is 37.4 Å². The summed E-state index contributed by atoms with van der Waals surface area (Å²) in [6.07, 6.45) is 0.561. The summed E-state index contributed by atoms with van der Waals surface area (Å²) in [6, 6.07) is 0.0677. The van der Waals surface area contributed by atoms with Crippen molar-refractivity contribution in [2.75, 3.05) is 23.8 Å². The van der Waals surface area contributed by atoms with E-state index in [4.69, 9.17) is 5.11 Å². The molecule has 0 aromatic rings. The summed E-state index contributed by atoms with van der Waals surface area (Å²) in [5, 5.41) is 9.09. The molecule has 0 radical (unpaired) electrons. The molecule has 0 aliphatic carbocycles. The average Bonchev–Trinajstić information content (AvgIpc) is 2.29. The molecule has 1 aliphatic rings. The Morgan fingerprint density at radius 1 is 1.39 bits per heavy atom. The average molecular weight is 291 g/mol. The van der Waals surface area contributed by atoms with E-state index in [9.17, 15) is 9.59 Å². The lowest BCUT2D eigenvalue weighted by Gasteiger charge is -2.29. The SMILES string of the molecule is CC(C)N(CCC(=O)O)C(=O)CC1CSCCS1. The maximum Gasteiger partial charge on any atom is 0.305 e. The molecule has 6 heteroatoms. The van der Waals surface area contributed by atoms with Gasteiger partial charge in [0, 0.05) is 41.5 Å². The van der Waals surface area contributed by atoms with E-state index in [1.54, 1.807) is 4.90 Å². The quantitative estimate of drug-likeness (QED) is 0.810. The number of hydrogen-bond donors (Lipinski definition) is 1. The molecule has 1 N–H and O–H groups in total. The minimum atomic E-state index is -0.851. The number of amides is 1. The van der Waals surface area contributed by atoms with Crippen molar-refractivity contribution in [3.8, 4) is 0 Å². The third kappa shape index (κ3) is 5.52. The molecular weight excluding hydrogens is 270 g/mol. The fourth-order valence-electron chi connectivity index (χ4n) is 1.85. The molecule has 1 unspecified atom stereocenters. The summed E-state index contributed by atoms with van der Waals surface area (Å²) in [6.45, 7) is 4.18. The molecule has 104 valence electrons. The molecule has 1 aliphatic heterocycles. The number of carbonyl (C=O) groups excluding carboxylic acids is 1. The first-order valence-electron chi connectivity index (χ1n) is 6.21. The van der Waals surface area contributed by atoms with Crippen LogP contribution in [0.25, 0.3) is 0 Å². The van der Waals surface area contributed by atoms with Crippen molar-refractivity contribution in [1.29, 1.82) is 0 Å². The zero-order valence-corrected chi connectivity index (χ0v) is 12.6. The van der Waals surface area contributed by atoms with Crippen molar-refractivity contribution in [1.82, 2.24) is 4.90 Å². The first-order valence-corrected chi connectivity index (χ1v) is 8.41. The Morgan fingerprint density at radius 2 is 2.11 bits per heavy atom. The molecule has 0 aromatic carbocycles. The number of carbonyl (C=O) groups is 2. The normalized spacial score (nSPS) is 19.8. The second-order valence-corrected chi connectivity index (χ2v) is 7.15. The van der Waals surface area contributed by atoms with Crippen LogP contribution in [0, 0.1) is 0 Å². The lowest BCUT2D eigenvalue weighted by molar-refractivity contribution is -0.139. The monoisotopic (exact) mass is 291 g/mol. The number of nitrogens with zero attached hydrogens (tertiary/aromatic N) is 1. The minimum Gasteiger partial charge on any atom is -0.481 e. The van der Waals surface area contributed by atoms with Gasteiger partial charge in [-0.2, -0.15) is 23.5 Å². The maximum atomic E-state index is 12.2. The highest BCUT2D eigenvalue weighted by atomic mass is 32.2. The van der Waals surface area contributed by atoms with Crippen molar-refractivity contribution in [2.45, 2.75) is 38.0 Å². The van der Waals surface area contributed by atoms with E-state index in [0.717, 1.165) is 11.5 Å². The number of carboxylic acids is 1. The smallest absolute Gasteiger partial charge is 0.305 e. The molecule has 0 spiro atoms. The zero-order valence-electron chi connectivity index (χ0n) is 10.9. The molecular formula is C12H21NO3S2. The van der Waals surface area contributed by atoms with Crippen molar-refractivity contribution in [2.24, 2.45) is 0 Å². The van der Waals surface area contributed by atoms with E-state index >= 15 is 0 Å². The lowest BCUT2D eigenvalue weighted by Crippen LogP contribution is -2.40. The Morgan fingerprint density at radius 3 is 2.61 bits per heavy atom. The Hall–Kier alpha value is -0.360.